The van der Waals surface area contributed by atoms with E-state index in [-0.39, 0.29) is 17.5 Å². The Morgan fingerprint density at radius 2 is 1.70 bits per heavy atom. The van der Waals surface area contributed by atoms with Crippen LogP contribution in [0.3, 0.4) is 0 Å². The smallest absolute Gasteiger partial charge is 0.238 e. The average molecular weight is 334 g/mol. The van der Waals surface area contributed by atoms with Crippen molar-refractivity contribution in [2.45, 2.75) is 23.8 Å². The van der Waals surface area contributed by atoms with Gasteiger partial charge in [-0.2, -0.15) is 0 Å². The Morgan fingerprint density at radius 1 is 1.04 bits per heavy atom. The maximum absolute atomic E-state index is 11.2. The molecule has 4 N–H and O–H groups in total. The van der Waals surface area contributed by atoms with Crippen LogP contribution in [-0.4, -0.2) is 26.7 Å². The summed E-state index contributed by atoms with van der Waals surface area (Å²) in [6.07, 6.45) is 1.41. The maximum atomic E-state index is 11.2. The lowest BCUT2D eigenvalue weighted by atomic mass is 10.0. The van der Waals surface area contributed by atoms with Crippen molar-refractivity contribution >= 4 is 10.0 Å². The first kappa shape index (κ1) is 17.6. The molecule has 0 bridgehead atoms. The zero-order valence-corrected chi connectivity index (χ0v) is 13.7. The monoisotopic (exact) mass is 334 g/mol. The van der Waals surface area contributed by atoms with E-state index in [2.05, 4.69) is 5.32 Å². The summed E-state index contributed by atoms with van der Waals surface area (Å²) in [5.41, 5.74) is 2.17. The van der Waals surface area contributed by atoms with Crippen LogP contribution in [0.1, 0.15) is 23.6 Å². The van der Waals surface area contributed by atoms with Crippen molar-refractivity contribution in [2.24, 2.45) is 5.14 Å². The third kappa shape index (κ3) is 5.44. The minimum Gasteiger partial charge on any atom is -0.396 e. The SMILES string of the molecule is NS(=O)(=O)c1ccc(CCNC(CCO)c2ccccc2)cc1. The molecule has 0 heterocycles. The average Bonchev–Trinajstić information content (AvgIpc) is 2.54. The van der Waals surface area contributed by atoms with Gasteiger partial charge in [0.1, 0.15) is 0 Å². The highest BCUT2D eigenvalue weighted by molar-refractivity contribution is 7.89. The van der Waals surface area contributed by atoms with Crippen LogP contribution in [0, 0.1) is 0 Å². The molecule has 23 heavy (non-hydrogen) atoms. The van der Waals surface area contributed by atoms with Gasteiger partial charge >= 0.3 is 0 Å². The summed E-state index contributed by atoms with van der Waals surface area (Å²) in [5, 5.41) is 17.7. The maximum Gasteiger partial charge on any atom is 0.238 e. The standard InChI is InChI=1S/C17H22N2O3S/c18-23(21,22)16-8-6-14(7-9-16)10-12-19-17(11-13-20)15-4-2-1-3-5-15/h1-9,17,19-20H,10-13H2,(H2,18,21,22). The van der Waals surface area contributed by atoms with E-state index in [1.807, 2.05) is 30.3 Å². The van der Waals surface area contributed by atoms with E-state index in [9.17, 15) is 13.5 Å². The molecule has 0 aliphatic rings. The Kier molecular flexibility index (Phi) is 6.29. The van der Waals surface area contributed by atoms with E-state index in [0.717, 1.165) is 24.1 Å². The van der Waals surface area contributed by atoms with Crippen LogP contribution in [0.25, 0.3) is 0 Å². The lowest BCUT2D eigenvalue weighted by Crippen LogP contribution is -2.24. The molecule has 0 spiro atoms. The van der Waals surface area contributed by atoms with Gasteiger partial charge in [-0.3, -0.25) is 0 Å². The molecular formula is C17H22N2O3S. The van der Waals surface area contributed by atoms with Gasteiger partial charge in [0.15, 0.2) is 0 Å². The first-order valence-electron chi connectivity index (χ1n) is 7.51. The molecule has 0 aliphatic carbocycles. The topological polar surface area (TPSA) is 92.4 Å². The van der Waals surface area contributed by atoms with Crippen molar-refractivity contribution in [2.75, 3.05) is 13.2 Å². The first-order valence-corrected chi connectivity index (χ1v) is 9.06. The Labute approximate surface area is 137 Å². The van der Waals surface area contributed by atoms with Gasteiger partial charge in [-0.1, -0.05) is 42.5 Å². The highest BCUT2D eigenvalue weighted by Gasteiger charge is 2.10. The molecule has 0 saturated heterocycles. The Hall–Kier alpha value is -1.73. The third-order valence-electron chi connectivity index (χ3n) is 3.68. The fourth-order valence-electron chi connectivity index (χ4n) is 2.44. The normalized spacial score (nSPS) is 13.0. The second-order valence-electron chi connectivity index (χ2n) is 5.37. The Morgan fingerprint density at radius 3 is 2.26 bits per heavy atom. The van der Waals surface area contributed by atoms with Gasteiger partial charge in [-0.25, -0.2) is 13.6 Å². The van der Waals surface area contributed by atoms with E-state index in [4.69, 9.17) is 5.14 Å². The van der Waals surface area contributed by atoms with Gasteiger partial charge in [0.25, 0.3) is 0 Å². The molecule has 2 rings (SSSR count). The fourth-order valence-corrected chi connectivity index (χ4v) is 2.95. The van der Waals surface area contributed by atoms with Crippen molar-refractivity contribution in [1.29, 1.82) is 0 Å². The number of aliphatic hydroxyl groups excluding tert-OH is 1. The molecule has 0 aromatic heterocycles. The predicted molar refractivity (Wildman–Crippen MR) is 90.4 cm³/mol. The number of benzene rings is 2. The fraction of sp³-hybridized carbons (Fsp3) is 0.294. The van der Waals surface area contributed by atoms with E-state index < -0.39 is 10.0 Å². The van der Waals surface area contributed by atoms with E-state index in [0.29, 0.717) is 6.42 Å². The van der Waals surface area contributed by atoms with Gasteiger partial charge in [0, 0.05) is 12.6 Å². The second kappa shape index (κ2) is 8.21. The summed E-state index contributed by atoms with van der Waals surface area (Å²) in [6, 6.07) is 16.7. The van der Waals surface area contributed by atoms with E-state index in [1.54, 1.807) is 12.1 Å². The molecular weight excluding hydrogens is 312 g/mol. The zero-order valence-electron chi connectivity index (χ0n) is 12.9. The molecule has 1 atom stereocenters. The van der Waals surface area contributed by atoms with Crippen LogP contribution >= 0.6 is 0 Å². The summed E-state index contributed by atoms with van der Waals surface area (Å²) in [6.45, 7) is 0.851. The summed E-state index contributed by atoms with van der Waals surface area (Å²) >= 11 is 0. The van der Waals surface area contributed by atoms with Crippen molar-refractivity contribution in [1.82, 2.24) is 5.32 Å². The number of hydrogen-bond acceptors (Lipinski definition) is 4. The molecule has 6 heteroatoms. The van der Waals surface area contributed by atoms with Crippen molar-refractivity contribution < 1.29 is 13.5 Å². The molecule has 124 valence electrons. The van der Waals surface area contributed by atoms with Crippen LogP contribution in [-0.2, 0) is 16.4 Å². The van der Waals surface area contributed by atoms with Gasteiger partial charge < -0.3 is 10.4 Å². The summed E-state index contributed by atoms with van der Waals surface area (Å²) in [7, 11) is -3.64. The second-order valence-corrected chi connectivity index (χ2v) is 6.93. The molecule has 0 radical (unpaired) electrons. The quantitative estimate of drug-likeness (QED) is 0.683. The molecule has 0 amide bonds. The molecule has 5 nitrogen and oxygen atoms in total. The van der Waals surface area contributed by atoms with Crippen molar-refractivity contribution in [3.8, 4) is 0 Å². The molecule has 2 aromatic rings. The largest absolute Gasteiger partial charge is 0.396 e. The number of aliphatic hydroxyl groups is 1. The number of sulfonamides is 1. The third-order valence-corrected chi connectivity index (χ3v) is 4.61. The van der Waals surface area contributed by atoms with Crippen LogP contribution in [0.4, 0.5) is 0 Å². The minimum absolute atomic E-state index is 0.102. The number of nitrogens with one attached hydrogen (secondary N) is 1. The van der Waals surface area contributed by atoms with Crippen molar-refractivity contribution in [3.05, 3.63) is 65.7 Å². The Bertz CT molecular complexity index is 700. The molecule has 0 saturated carbocycles. The highest BCUT2D eigenvalue weighted by Crippen LogP contribution is 2.16. The minimum atomic E-state index is -3.64. The van der Waals surface area contributed by atoms with Crippen LogP contribution < -0.4 is 10.5 Å². The number of primary sulfonamides is 1. The van der Waals surface area contributed by atoms with Gasteiger partial charge in [-0.15, -0.1) is 0 Å². The lowest BCUT2D eigenvalue weighted by molar-refractivity contribution is 0.266. The molecule has 2 aromatic carbocycles. The first-order chi connectivity index (χ1) is 11.0. The van der Waals surface area contributed by atoms with Gasteiger partial charge in [0.05, 0.1) is 4.90 Å². The van der Waals surface area contributed by atoms with E-state index in [1.165, 1.54) is 12.1 Å². The van der Waals surface area contributed by atoms with Crippen LogP contribution in [0.5, 0.6) is 0 Å². The summed E-state index contributed by atoms with van der Waals surface area (Å²) in [4.78, 5) is 0.122. The lowest BCUT2D eigenvalue weighted by Gasteiger charge is -2.18. The van der Waals surface area contributed by atoms with Crippen molar-refractivity contribution in [3.63, 3.8) is 0 Å². The Balaban J connectivity index is 1.92. The zero-order chi connectivity index (χ0) is 16.7. The predicted octanol–water partition coefficient (Wildman–Crippen LogP) is 1.59. The summed E-state index contributed by atoms with van der Waals surface area (Å²) in [5.74, 6) is 0. The number of rotatable bonds is 8. The summed E-state index contributed by atoms with van der Waals surface area (Å²) < 4.78 is 22.4. The molecule has 0 fully saturated rings. The van der Waals surface area contributed by atoms with Crippen LogP contribution in [0.15, 0.2) is 59.5 Å². The van der Waals surface area contributed by atoms with Gasteiger partial charge in [0.2, 0.25) is 10.0 Å². The highest BCUT2D eigenvalue weighted by atomic mass is 32.2. The number of nitrogens with two attached hydrogens (primary N) is 1. The molecule has 0 aliphatic heterocycles. The van der Waals surface area contributed by atoms with E-state index >= 15 is 0 Å². The van der Waals surface area contributed by atoms with Crippen LogP contribution in [0.2, 0.25) is 0 Å². The molecule has 1 unspecified atom stereocenters. The number of hydrogen-bond donors (Lipinski definition) is 3. The van der Waals surface area contributed by atoms with Gasteiger partial charge in [-0.05, 0) is 42.6 Å².